The van der Waals surface area contributed by atoms with Gasteiger partial charge in [0.15, 0.2) is 11.6 Å². The van der Waals surface area contributed by atoms with Gasteiger partial charge >= 0.3 is 0 Å². The van der Waals surface area contributed by atoms with Crippen molar-refractivity contribution in [1.82, 2.24) is 0 Å². The van der Waals surface area contributed by atoms with Crippen molar-refractivity contribution >= 4 is 0 Å². The van der Waals surface area contributed by atoms with Gasteiger partial charge in [-0.1, -0.05) is 6.07 Å². The Morgan fingerprint density at radius 2 is 1.81 bits per heavy atom. The molecule has 1 N–H and O–H groups in total. The molecule has 0 saturated carbocycles. The lowest BCUT2D eigenvalue weighted by atomic mass is 10.1. The van der Waals surface area contributed by atoms with Crippen LogP contribution >= 0.6 is 0 Å². The highest BCUT2D eigenvalue weighted by atomic mass is 19.1. The number of aliphatic hydroxyl groups excluding tert-OH is 1. The molecule has 4 heteroatoms. The summed E-state index contributed by atoms with van der Waals surface area (Å²) in [6, 6.07) is 9.85. The van der Waals surface area contributed by atoms with Crippen LogP contribution in [0.2, 0.25) is 0 Å². The third-order valence-electron chi connectivity index (χ3n) is 3.24. The van der Waals surface area contributed by atoms with Crippen LogP contribution in [0.1, 0.15) is 35.3 Å². The molecule has 1 atom stereocenters. The van der Waals surface area contributed by atoms with E-state index in [1.54, 1.807) is 25.1 Å². The predicted molar refractivity (Wildman–Crippen MR) is 77.7 cm³/mol. The average Bonchev–Trinajstić information content (AvgIpc) is 2.43. The van der Waals surface area contributed by atoms with Crippen molar-refractivity contribution in [2.45, 2.75) is 26.9 Å². The van der Waals surface area contributed by atoms with Crippen LogP contribution in [0, 0.1) is 31.0 Å². The summed E-state index contributed by atoms with van der Waals surface area (Å²) < 4.78 is 19.7. The van der Waals surface area contributed by atoms with Crippen molar-refractivity contribution in [1.29, 1.82) is 5.26 Å². The highest BCUT2D eigenvalue weighted by Crippen LogP contribution is 2.32. The van der Waals surface area contributed by atoms with E-state index in [9.17, 15) is 9.50 Å². The van der Waals surface area contributed by atoms with Crippen molar-refractivity contribution in [2.75, 3.05) is 0 Å². The van der Waals surface area contributed by atoms with Crippen LogP contribution in [0.25, 0.3) is 0 Å². The number of aryl methyl sites for hydroxylation is 2. The summed E-state index contributed by atoms with van der Waals surface area (Å²) in [5.41, 5.74) is 2.58. The van der Waals surface area contributed by atoms with Crippen LogP contribution in [0.4, 0.5) is 4.39 Å². The van der Waals surface area contributed by atoms with E-state index in [0.717, 1.165) is 11.1 Å². The maximum Gasteiger partial charge on any atom is 0.166 e. The molecule has 0 aromatic heterocycles. The minimum atomic E-state index is -0.730. The van der Waals surface area contributed by atoms with Crippen LogP contribution in [-0.4, -0.2) is 5.11 Å². The Bertz CT molecular complexity index is 694. The second-order valence-electron chi connectivity index (χ2n) is 5.02. The van der Waals surface area contributed by atoms with E-state index in [1.165, 1.54) is 12.1 Å². The molecule has 0 heterocycles. The standard InChI is InChI=1S/C17H16FNO2/c1-10-6-13(9-19)7-11(2)17(10)21-16-5-4-14(12(3)20)8-15(16)18/h4-8,12,20H,1-3H3/t12-/m1/s1. The summed E-state index contributed by atoms with van der Waals surface area (Å²) in [6.07, 6.45) is -0.730. The van der Waals surface area contributed by atoms with Crippen LogP contribution < -0.4 is 4.74 Å². The van der Waals surface area contributed by atoms with Crippen molar-refractivity contribution in [3.8, 4) is 17.6 Å². The zero-order valence-corrected chi connectivity index (χ0v) is 12.1. The number of rotatable bonds is 3. The molecule has 108 valence electrons. The van der Waals surface area contributed by atoms with Crippen molar-refractivity contribution in [3.05, 3.63) is 58.4 Å². The number of benzene rings is 2. The molecule has 0 saturated heterocycles. The summed E-state index contributed by atoms with van der Waals surface area (Å²) in [5, 5.41) is 18.4. The van der Waals surface area contributed by atoms with Gasteiger partial charge in [0, 0.05) is 0 Å². The van der Waals surface area contributed by atoms with Crippen molar-refractivity contribution in [2.24, 2.45) is 0 Å². The number of hydrogen-bond donors (Lipinski definition) is 1. The molecule has 2 aromatic rings. The molecule has 0 fully saturated rings. The zero-order valence-electron chi connectivity index (χ0n) is 12.1. The van der Waals surface area contributed by atoms with Gasteiger partial charge in [-0.25, -0.2) is 4.39 Å². The van der Waals surface area contributed by atoms with E-state index >= 15 is 0 Å². The van der Waals surface area contributed by atoms with E-state index in [-0.39, 0.29) is 5.75 Å². The van der Waals surface area contributed by atoms with Crippen molar-refractivity contribution < 1.29 is 14.2 Å². The van der Waals surface area contributed by atoms with Crippen LogP contribution in [-0.2, 0) is 0 Å². The molecular formula is C17H16FNO2. The van der Waals surface area contributed by atoms with Gasteiger partial charge in [0.2, 0.25) is 0 Å². The molecule has 0 bridgehead atoms. The van der Waals surface area contributed by atoms with Crippen molar-refractivity contribution in [3.63, 3.8) is 0 Å². The monoisotopic (exact) mass is 285 g/mol. The van der Waals surface area contributed by atoms with E-state index in [4.69, 9.17) is 10.00 Å². The molecule has 21 heavy (non-hydrogen) atoms. The van der Waals surface area contributed by atoms with Crippen LogP contribution in [0.15, 0.2) is 30.3 Å². The molecule has 0 aliphatic carbocycles. The predicted octanol–water partition coefficient (Wildman–Crippen LogP) is 4.16. The van der Waals surface area contributed by atoms with E-state index in [0.29, 0.717) is 16.9 Å². The Balaban J connectivity index is 2.37. The van der Waals surface area contributed by atoms with E-state index in [1.807, 2.05) is 13.8 Å². The quantitative estimate of drug-likeness (QED) is 0.921. The number of nitrogens with zero attached hydrogens (tertiary/aromatic N) is 1. The molecular weight excluding hydrogens is 269 g/mol. The van der Waals surface area contributed by atoms with Gasteiger partial charge in [-0.05, 0) is 61.7 Å². The minimum Gasteiger partial charge on any atom is -0.454 e. The van der Waals surface area contributed by atoms with Gasteiger partial charge in [-0.15, -0.1) is 0 Å². The molecule has 0 unspecified atom stereocenters. The van der Waals surface area contributed by atoms with E-state index in [2.05, 4.69) is 6.07 Å². The fourth-order valence-electron chi connectivity index (χ4n) is 2.15. The number of nitriles is 1. The highest BCUT2D eigenvalue weighted by molar-refractivity contribution is 5.49. The number of halogens is 1. The Hall–Kier alpha value is -2.38. The highest BCUT2D eigenvalue weighted by Gasteiger charge is 2.12. The Labute approximate surface area is 123 Å². The lowest BCUT2D eigenvalue weighted by Crippen LogP contribution is -1.97. The van der Waals surface area contributed by atoms with Gasteiger partial charge in [0.05, 0.1) is 17.7 Å². The average molecular weight is 285 g/mol. The summed E-state index contributed by atoms with van der Waals surface area (Å²) in [4.78, 5) is 0. The summed E-state index contributed by atoms with van der Waals surface area (Å²) in [7, 11) is 0. The molecule has 0 aliphatic rings. The molecule has 0 amide bonds. The number of aliphatic hydroxyl groups is 1. The van der Waals surface area contributed by atoms with Crippen LogP contribution in [0.3, 0.4) is 0 Å². The smallest absolute Gasteiger partial charge is 0.166 e. The first kappa shape index (κ1) is 15.0. The largest absolute Gasteiger partial charge is 0.454 e. The molecule has 3 nitrogen and oxygen atoms in total. The number of hydrogen-bond acceptors (Lipinski definition) is 3. The summed E-state index contributed by atoms with van der Waals surface area (Å²) in [5.74, 6) is 0.101. The Kier molecular flexibility index (Phi) is 4.25. The fourth-order valence-corrected chi connectivity index (χ4v) is 2.15. The molecule has 2 rings (SSSR count). The number of ether oxygens (including phenoxy) is 1. The Morgan fingerprint density at radius 3 is 2.29 bits per heavy atom. The lowest BCUT2D eigenvalue weighted by Gasteiger charge is -2.14. The normalized spacial score (nSPS) is 11.8. The van der Waals surface area contributed by atoms with Gasteiger partial charge in [0.1, 0.15) is 5.75 Å². The fraction of sp³-hybridized carbons (Fsp3) is 0.235. The van der Waals surface area contributed by atoms with Gasteiger partial charge in [0.25, 0.3) is 0 Å². The first-order valence-electron chi connectivity index (χ1n) is 6.59. The lowest BCUT2D eigenvalue weighted by molar-refractivity contribution is 0.198. The third kappa shape index (κ3) is 3.21. The van der Waals surface area contributed by atoms with Gasteiger partial charge < -0.3 is 9.84 Å². The topological polar surface area (TPSA) is 53.2 Å². The minimum absolute atomic E-state index is 0.0929. The maximum atomic E-state index is 14.0. The summed E-state index contributed by atoms with van der Waals surface area (Å²) >= 11 is 0. The third-order valence-corrected chi connectivity index (χ3v) is 3.24. The second kappa shape index (κ2) is 5.94. The first-order valence-corrected chi connectivity index (χ1v) is 6.59. The maximum absolute atomic E-state index is 14.0. The zero-order chi connectivity index (χ0) is 15.6. The second-order valence-corrected chi connectivity index (χ2v) is 5.02. The molecule has 2 aromatic carbocycles. The molecule has 0 radical (unpaired) electrons. The molecule has 0 spiro atoms. The SMILES string of the molecule is Cc1cc(C#N)cc(C)c1Oc1ccc([C@@H](C)O)cc1F. The van der Waals surface area contributed by atoms with E-state index < -0.39 is 11.9 Å². The van der Waals surface area contributed by atoms with Crippen LogP contribution in [0.5, 0.6) is 11.5 Å². The van der Waals surface area contributed by atoms with Gasteiger partial charge in [-0.3, -0.25) is 0 Å². The van der Waals surface area contributed by atoms with Gasteiger partial charge in [-0.2, -0.15) is 5.26 Å². The molecule has 0 aliphatic heterocycles. The first-order chi connectivity index (χ1) is 9.92. The summed E-state index contributed by atoms with van der Waals surface area (Å²) in [6.45, 7) is 5.20. The Morgan fingerprint density at radius 1 is 1.19 bits per heavy atom.